The summed E-state index contributed by atoms with van der Waals surface area (Å²) in [4.78, 5) is 26.8. The van der Waals surface area contributed by atoms with Crippen LogP contribution < -0.4 is 10.3 Å². The summed E-state index contributed by atoms with van der Waals surface area (Å²) in [5.74, 6) is 0.667. The number of H-pyrrole nitrogens is 1. The van der Waals surface area contributed by atoms with Gasteiger partial charge >= 0.3 is 0 Å². The van der Waals surface area contributed by atoms with Gasteiger partial charge in [-0.15, -0.1) is 0 Å². The Labute approximate surface area is 203 Å². The molecule has 6 nitrogen and oxygen atoms in total. The molecular weight excluding hydrogens is 452 g/mol. The maximum absolute atomic E-state index is 12.4. The van der Waals surface area contributed by atoms with E-state index in [9.17, 15) is 9.59 Å². The summed E-state index contributed by atoms with van der Waals surface area (Å²) in [6.07, 6.45) is 6.21. The number of ether oxygens (including phenoxy) is 2. The Balaban J connectivity index is 0.000000486. The van der Waals surface area contributed by atoms with Crippen LogP contribution >= 0.6 is 11.6 Å². The zero-order chi connectivity index (χ0) is 23.9. The van der Waals surface area contributed by atoms with E-state index in [-0.39, 0.29) is 12.0 Å². The number of fused-ring (bicyclic) bond motifs is 1. The summed E-state index contributed by atoms with van der Waals surface area (Å²) >= 11 is 5.59. The summed E-state index contributed by atoms with van der Waals surface area (Å²) in [6, 6.07) is 17.3. The highest BCUT2D eigenvalue weighted by atomic mass is 35.5. The molecule has 7 heteroatoms. The van der Waals surface area contributed by atoms with Gasteiger partial charge < -0.3 is 19.0 Å². The normalized spacial score (nSPS) is 12.9. The van der Waals surface area contributed by atoms with Crippen molar-refractivity contribution in [1.29, 1.82) is 0 Å². The van der Waals surface area contributed by atoms with E-state index in [0.29, 0.717) is 17.9 Å². The van der Waals surface area contributed by atoms with Crippen LogP contribution in [0.1, 0.15) is 24.0 Å². The standard InChI is InChI=1S/C23H19ClN2O3.C4H8O/c1-26-13-19(17-9-10-25-22(17)23(26)28)18-11-16(12-21(24)27)7-8-20(18)29-14-15-5-3-2-4-6-15;1-2-4-5-3-1/h2-11,13,25H,12,14H2,1H3;1-4H2. The van der Waals surface area contributed by atoms with Crippen molar-refractivity contribution in [3.63, 3.8) is 0 Å². The number of hydrogen-bond donors (Lipinski definition) is 1. The predicted molar refractivity (Wildman–Crippen MR) is 134 cm³/mol. The first-order valence-electron chi connectivity index (χ1n) is 11.3. The minimum absolute atomic E-state index is 0.104. The van der Waals surface area contributed by atoms with Gasteiger partial charge in [0, 0.05) is 55.6 Å². The average Bonchev–Trinajstić information content (AvgIpc) is 3.56. The quantitative estimate of drug-likeness (QED) is 0.386. The summed E-state index contributed by atoms with van der Waals surface area (Å²) < 4.78 is 12.6. The van der Waals surface area contributed by atoms with Crippen LogP contribution in [-0.4, -0.2) is 28.0 Å². The fourth-order valence-corrected chi connectivity index (χ4v) is 4.07. The molecule has 0 radical (unpaired) electrons. The number of hydrogen-bond acceptors (Lipinski definition) is 4. The van der Waals surface area contributed by atoms with Crippen molar-refractivity contribution in [3.8, 4) is 16.9 Å². The maximum Gasteiger partial charge on any atom is 0.274 e. The van der Waals surface area contributed by atoms with Gasteiger partial charge in [0.05, 0.1) is 0 Å². The summed E-state index contributed by atoms with van der Waals surface area (Å²) in [5.41, 5.74) is 3.90. The fourth-order valence-electron chi connectivity index (χ4n) is 3.91. The molecule has 0 saturated carbocycles. The molecule has 2 aromatic heterocycles. The first-order chi connectivity index (χ1) is 16.5. The van der Waals surface area contributed by atoms with Crippen molar-refractivity contribution in [1.82, 2.24) is 9.55 Å². The van der Waals surface area contributed by atoms with Crippen molar-refractivity contribution >= 4 is 27.7 Å². The number of nitrogens with zero attached hydrogens (tertiary/aromatic N) is 1. The Hall–Kier alpha value is -3.35. The van der Waals surface area contributed by atoms with Gasteiger partial charge in [-0.25, -0.2) is 0 Å². The van der Waals surface area contributed by atoms with Gasteiger partial charge in [-0.3, -0.25) is 9.59 Å². The Morgan fingerprint density at radius 2 is 1.82 bits per heavy atom. The van der Waals surface area contributed by atoms with Crippen molar-refractivity contribution in [2.45, 2.75) is 25.9 Å². The molecule has 1 aliphatic heterocycles. The third kappa shape index (κ3) is 5.76. The lowest BCUT2D eigenvalue weighted by atomic mass is 9.99. The number of nitrogens with one attached hydrogen (secondary N) is 1. The molecule has 0 bridgehead atoms. The number of benzene rings is 2. The molecule has 2 aromatic carbocycles. The van der Waals surface area contributed by atoms with Gasteiger partial charge in [-0.05, 0) is 53.8 Å². The largest absolute Gasteiger partial charge is 0.488 e. The van der Waals surface area contributed by atoms with Gasteiger partial charge in [0.25, 0.3) is 5.56 Å². The molecule has 1 fully saturated rings. The smallest absolute Gasteiger partial charge is 0.274 e. The van der Waals surface area contributed by atoms with E-state index in [4.69, 9.17) is 21.1 Å². The first kappa shape index (κ1) is 23.8. The Kier molecular flexibility index (Phi) is 7.83. The summed E-state index contributed by atoms with van der Waals surface area (Å²) in [5, 5.41) is 0.369. The van der Waals surface area contributed by atoms with Crippen LogP contribution in [-0.2, 0) is 29.6 Å². The third-order valence-corrected chi connectivity index (χ3v) is 5.77. The summed E-state index contributed by atoms with van der Waals surface area (Å²) in [6.45, 7) is 2.41. The number of rotatable bonds is 6. The van der Waals surface area contributed by atoms with Gasteiger partial charge in [-0.2, -0.15) is 0 Å². The van der Waals surface area contributed by atoms with E-state index < -0.39 is 5.24 Å². The molecule has 1 saturated heterocycles. The van der Waals surface area contributed by atoms with Crippen LogP contribution in [0.15, 0.2) is 71.8 Å². The van der Waals surface area contributed by atoms with Crippen LogP contribution in [0.3, 0.4) is 0 Å². The zero-order valence-corrected chi connectivity index (χ0v) is 19.8. The van der Waals surface area contributed by atoms with E-state index in [1.807, 2.05) is 54.6 Å². The molecule has 0 spiro atoms. The van der Waals surface area contributed by atoms with Crippen LogP contribution in [0.5, 0.6) is 5.75 Å². The molecule has 0 atom stereocenters. The highest BCUT2D eigenvalue weighted by Crippen LogP contribution is 2.35. The second-order valence-electron chi connectivity index (χ2n) is 8.18. The molecular formula is C27H27ClN2O4. The van der Waals surface area contributed by atoms with Gasteiger partial charge in [0.15, 0.2) is 0 Å². The first-order valence-corrected chi connectivity index (χ1v) is 11.6. The Bertz CT molecular complexity index is 1320. The molecule has 5 rings (SSSR count). The average molecular weight is 479 g/mol. The monoisotopic (exact) mass is 478 g/mol. The van der Waals surface area contributed by atoms with Crippen molar-refractivity contribution in [2.75, 3.05) is 13.2 Å². The Morgan fingerprint density at radius 1 is 1.06 bits per heavy atom. The van der Waals surface area contributed by atoms with E-state index >= 15 is 0 Å². The van der Waals surface area contributed by atoms with Crippen molar-refractivity contribution in [3.05, 3.63) is 88.5 Å². The minimum atomic E-state index is -0.429. The highest BCUT2D eigenvalue weighted by molar-refractivity contribution is 6.63. The second-order valence-corrected chi connectivity index (χ2v) is 8.60. The third-order valence-electron chi connectivity index (χ3n) is 5.64. The molecule has 0 aliphatic carbocycles. The van der Waals surface area contributed by atoms with E-state index in [1.54, 1.807) is 19.4 Å². The number of aryl methyl sites for hydroxylation is 1. The molecule has 0 amide bonds. The van der Waals surface area contributed by atoms with Gasteiger partial charge in [0.2, 0.25) is 5.24 Å². The molecule has 34 heavy (non-hydrogen) atoms. The molecule has 1 N–H and O–H groups in total. The van der Waals surface area contributed by atoms with E-state index in [2.05, 4.69) is 4.98 Å². The Morgan fingerprint density at radius 3 is 2.50 bits per heavy atom. The predicted octanol–water partition coefficient (Wildman–Crippen LogP) is 5.22. The van der Waals surface area contributed by atoms with Crippen LogP contribution in [0.25, 0.3) is 22.0 Å². The number of carbonyl (C=O) groups excluding carboxylic acids is 1. The minimum Gasteiger partial charge on any atom is -0.488 e. The van der Waals surface area contributed by atoms with Crippen LogP contribution in [0, 0.1) is 0 Å². The molecule has 4 aromatic rings. The van der Waals surface area contributed by atoms with E-state index in [0.717, 1.165) is 40.9 Å². The number of carbonyl (C=O) groups is 1. The molecule has 3 heterocycles. The second kappa shape index (κ2) is 11.2. The van der Waals surface area contributed by atoms with E-state index in [1.165, 1.54) is 17.4 Å². The number of aromatic nitrogens is 2. The maximum atomic E-state index is 12.4. The van der Waals surface area contributed by atoms with Crippen LogP contribution in [0.4, 0.5) is 0 Å². The number of aromatic amines is 1. The lowest BCUT2D eigenvalue weighted by molar-refractivity contribution is -0.111. The van der Waals surface area contributed by atoms with Crippen LogP contribution in [0.2, 0.25) is 0 Å². The highest BCUT2D eigenvalue weighted by Gasteiger charge is 2.16. The SMILES string of the molecule is C1CCOC1.Cn1cc(-c2cc(CC(=O)Cl)ccc2OCc2ccccc2)c2cc[nH]c2c1=O. The fraction of sp³-hybridized carbons (Fsp3) is 0.259. The van der Waals surface area contributed by atoms with Gasteiger partial charge in [0.1, 0.15) is 17.9 Å². The number of halogens is 1. The topological polar surface area (TPSA) is 73.3 Å². The number of pyridine rings is 1. The summed E-state index contributed by atoms with van der Waals surface area (Å²) in [7, 11) is 1.71. The van der Waals surface area contributed by atoms with Gasteiger partial charge in [-0.1, -0.05) is 36.4 Å². The lowest BCUT2D eigenvalue weighted by Crippen LogP contribution is -2.16. The van der Waals surface area contributed by atoms with Crippen molar-refractivity contribution in [2.24, 2.45) is 7.05 Å². The molecule has 176 valence electrons. The lowest BCUT2D eigenvalue weighted by Gasteiger charge is -2.15. The molecule has 1 aliphatic rings. The zero-order valence-electron chi connectivity index (χ0n) is 19.1. The molecule has 0 unspecified atom stereocenters. The van der Waals surface area contributed by atoms with Crippen molar-refractivity contribution < 1.29 is 14.3 Å².